The van der Waals surface area contributed by atoms with Crippen LogP contribution < -0.4 is 0 Å². The smallest absolute Gasteiger partial charge is 0.377 e. The molecule has 0 fully saturated rings. The molecule has 1 rings (SSSR count). The standard InChI is InChI=1S/C12H14F2O2/c1-3-16-11(15)12(13,14)8-10-6-4-9(2)5-7-10/h4-7H,3,8H2,1-2H3. The summed E-state index contributed by atoms with van der Waals surface area (Å²) in [6, 6.07) is 6.64. The first-order chi connectivity index (χ1) is 7.45. The molecular weight excluding hydrogens is 214 g/mol. The Hall–Kier alpha value is -1.45. The summed E-state index contributed by atoms with van der Waals surface area (Å²) in [5.74, 6) is -4.92. The Morgan fingerprint density at radius 2 is 1.88 bits per heavy atom. The maximum absolute atomic E-state index is 13.3. The lowest BCUT2D eigenvalue weighted by atomic mass is 10.1. The van der Waals surface area contributed by atoms with Gasteiger partial charge >= 0.3 is 11.9 Å². The molecular formula is C12H14F2O2. The average molecular weight is 228 g/mol. The van der Waals surface area contributed by atoms with Crippen molar-refractivity contribution in [1.29, 1.82) is 0 Å². The SMILES string of the molecule is CCOC(=O)C(F)(F)Cc1ccc(C)cc1. The summed E-state index contributed by atoms with van der Waals surface area (Å²) in [5.41, 5.74) is 1.41. The molecule has 0 aliphatic heterocycles. The molecule has 0 heterocycles. The van der Waals surface area contributed by atoms with Crippen LogP contribution in [0.2, 0.25) is 0 Å². The monoisotopic (exact) mass is 228 g/mol. The van der Waals surface area contributed by atoms with E-state index in [1.165, 1.54) is 6.92 Å². The molecule has 0 atom stereocenters. The summed E-state index contributed by atoms with van der Waals surface area (Å²) in [7, 11) is 0. The third kappa shape index (κ3) is 3.29. The predicted molar refractivity (Wildman–Crippen MR) is 56.5 cm³/mol. The van der Waals surface area contributed by atoms with Gasteiger partial charge in [0.15, 0.2) is 0 Å². The van der Waals surface area contributed by atoms with Crippen LogP contribution >= 0.6 is 0 Å². The van der Waals surface area contributed by atoms with E-state index in [0.29, 0.717) is 5.56 Å². The number of alkyl halides is 2. The van der Waals surface area contributed by atoms with Crippen molar-refractivity contribution in [3.63, 3.8) is 0 Å². The van der Waals surface area contributed by atoms with E-state index in [9.17, 15) is 13.6 Å². The minimum atomic E-state index is -3.45. The summed E-state index contributed by atoms with van der Waals surface area (Å²) in [6.07, 6.45) is -0.619. The van der Waals surface area contributed by atoms with Gasteiger partial charge in [0.2, 0.25) is 0 Å². The summed E-state index contributed by atoms with van der Waals surface area (Å²) in [6.45, 7) is 3.33. The lowest BCUT2D eigenvalue weighted by Gasteiger charge is -2.14. The van der Waals surface area contributed by atoms with Crippen molar-refractivity contribution in [2.24, 2.45) is 0 Å². The fourth-order valence-electron chi connectivity index (χ4n) is 1.27. The minimum Gasteiger partial charge on any atom is -0.462 e. The van der Waals surface area contributed by atoms with E-state index < -0.39 is 18.3 Å². The normalized spacial score (nSPS) is 11.2. The highest BCUT2D eigenvalue weighted by atomic mass is 19.3. The Bertz CT molecular complexity index is 358. The van der Waals surface area contributed by atoms with E-state index >= 15 is 0 Å². The van der Waals surface area contributed by atoms with Gasteiger partial charge in [-0.25, -0.2) is 4.79 Å². The number of carbonyl (C=O) groups is 1. The molecule has 0 N–H and O–H groups in total. The van der Waals surface area contributed by atoms with Crippen LogP contribution in [0.25, 0.3) is 0 Å². The number of halogens is 2. The van der Waals surface area contributed by atoms with E-state index in [4.69, 9.17) is 0 Å². The molecule has 0 aromatic heterocycles. The highest BCUT2D eigenvalue weighted by Crippen LogP contribution is 2.22. The molecule has 0 aliphatic carbocycles. The number of aryl methyl sites for hydroxylation is 1. The second kappa shape index (κ2) is 5.05. The lowest BCUT2D eigenvalue weighted by Crippen LogP contribution is -2.33. The van der Waals surface area contributed by atoms with Crippen molar-refractivity contribution in [3.05, 3.63) is 35.4 Å². The predicted octanol–water partition coefficient (Wildman–Crippen LogP) is 2.74. The third-order valence-electron chi connectivity index (χ3n) is 2.12. The molecule has 4 heteroatoms. The van der Waals surface area contributed by atoms with Crippen molar-refractivity contribution in [2.75, 3.05) is 6.61 Å². The molecule has 0 saturated heterocycles. The van der Waals surface area contributed by atoms with E-state index in [0.717, 1.165) is 5.56 Å². The van der Waals surface area contributed by atoms with Crippen molar-refractivity contribution in [3.8, 4) is 0 Å². The zero-order valence-electron chi connectivity index (χ0n) is 9.30. The van der Waals surface area contributed by atoms with Crippen LogP contribution in [0, 0.1) is 6.92 Å². The largest absolute Gasteiger partial charge is 0.462 e. The molecule has 0 bridgehead atoms. The Balaban J connectivity index is 2.72. The highest BCUT2D eigenvalue weighted by molar-refractivity contribution is 5.77. The van der Waals surface area contributed by atoms with Crippen molar-refractivity contribution >= 4 is 5.97 Å². The second-order valence-electron chi connectivity index (χ2n) is 3.59. The summed E-state index contributed by atoms with van der Waals surface area (Å²) < 4.78 is 30.9. The van der Waals surface area contributed by atoms with Crippen molar-refractivity contribution in [2.45, 2.75) is 26.2 Å². The first kappa shape index (κ1) is 12.6. The van der Waals surface area contributed by atoms with Crippen molar-refractivity contribution < 1.29 is 18.3 Å². The topological polar surface area (TPSA) is 26.3 Å². The summed E-state index contributed by atoms with van der Waals surface area (Å²) in [5, 5.41) is 0. The number of hydrogen-bond acceptors (Lipinski definition) is 2. The Morgan fingerprint density at radius 3 is 2.38 bits per heavy atom. The number of ether oxygens (including phenoxy) is 1. The zero-order valence-corrected chi connectivity index (χ0v) is 9.30. The summed E-state index contributed by atoms with van der Waals surface area (Å²) in [4.78, 5) is 11.0. The molecule has 0 aliphatic rings. The quantitative estimate of drug-likeness (QED) is 0.741. The van der Waals surface area contributed by atoms with Crippen LogP contribution in [0.15, 0.2) is 24.3 Å². The maximum atomic E-state index is 13.3. The molecule has 0 spiro atoms. The van der Waals surface area contributed by atoms with Gasteiger partial charge in [-0.15, -0.1) is 0 Å². The lowest BCUT2D eigenvalue weighted by molar-refractivity contribution is -0.171. The molecule has 0 unspecified atom stereocenters. The Morgan fingerprint density at radius 1 is 1.31 bits per heavy atom. The summed E-state index contributed by atoms with van der Waals surface area (Å²) >= 11 is 0. The van der Waals surface area contributed by atoms with Gasteiger partial charge in [-0.05, 0) is 19.4 Å². The molecule has 0 radical (unpaired) electrons. The van der Waals surface area contributed by atoms with Crippen LogP contribution in [0.3, 0.4) is 0 Å². The van der Waals surface area contributed by atoms with Crippen molar-refractivity contribution in [1.82, 2.24) is 0 Å². The van der Waals surface area contributed by atoms with Gasteiger partial charge in [0.25, 0.3) is 0 Å². The van der Waals surface area contributed by atoms with Gasteiger partial charge in [0.05, 0.1) is 6.61 Å². The molecule has 2 nitrogen and oxygen atoms in total. The van der Waals surface area contributed by atoms with Crippen LogP contribution in [-0.2, 0) is 16.0 Å². The van der Waals surface area contributed by atoms with Gasteiger partial charge in [-0.2, -0.15) is 8.78 Å². The van der Waals surface area contributed by atoms with E-state index in [1.807, 2.05) is 6.92 Å². The molecule has 0 amide bonds. The van der Waals surface area contributed by atoms with Gasteiger partial charge in [-0.3, -0.25) is 0 Å². The van der Waals surface area contributed by atoms with E-state index in [-0.39, 0.29) is 6.61 Å². The second-order valence-corrected chi connectivity index (χ2v) is 3.59. The first-order valence-electron chi connectivity index (χ1n) is 5.06. The number of esters is 1. The van der Waals surface area contributed by atoms with E-state index in [1.54, 1.807) is 24.3 Å². The highest BCUT2D eigenvalue weighted by Gasteiger charge is 2.40. The minimum absolute atomic E-state index is 0.0394. The first-order valence-corrected chi connectivity index (χ1v) is 5.06. The molecule has 16 heavy (non-hydrogen) atoms. The molecule has 88 valence electrons. The Labute approximate surface area is 93.2 Å². The van der Waals surface area contributed by atoms with Gasteiger partial charge < -0.3 is 4.74 Å². The zero-order chi connectivity index (χ0) is 12.2. The average Bonchev–Trinajstić information content (AvgIpc) is 2.21. The van der Waals surface area contributed by atoms with Gasteiger partial charge in [0, 0.05) is 6.42 Å². The molecule has 0 saturated carbocycles. The number of rotatable bonds is 4. The third-order valence-corrected chi connectivity index (χ3v) is 2.12. The molecule has 1 aromatic rings. The van der Waals surface area contributed by atoms with Crippen LogP contribution in [-0.4, -0.2) is 18.5 Å². The van der Waals surface area contributed by atoms with Crippen LogP contribution in [0.1, 0.15) is 18.1 Å². The fourth-order valence-corrected chi connectivity index (χ4v) is 1.27. The van der Waals surface area contributed by atoms with Gasteiger partial charge in [-0.1, -0.05) is 29.8 Å². The number of hydrogen-bond donors (Lipinski definition) is 0. The van der Waals surface area contributed by atoms with Gasteiger partial charge in [0.1, 0.15) is 0 Å². The van der Waals surface area contributed by atoms with E-state index in [2.05, 4.69) is 4.74 Å². The number of benzene rings is 1. The maximum Gasteiger partial charge on any atom is 0.377 e. The fraction of sp³-hybridized carbons (Fsp3) is 0.417. The van der Waals surface area contributed by atoms with Crippen LogP contribution in [0.4, 0.5) is 8.78 Å². The van der Waals surface area contributed by atoms with Crippen LogP contribution in [0.5, 0.6) is 0 Å². The molecule has 1 aromatic carbocycles. The Kier molecular flexibility index (Phi) is 3.99. The number of carbonyl (C=O) groups excluding carboxylic acids is 1.